The third kappa shape index (κ3) is 6.71. The van der Waals surface area contributed by atoms with Gasteiger partial charge in [-0.05, 0) is 44.9 Å². The minimum Gasteiger partial charge on any atom is -0.0885 e. The minimum absolute atomic E-state index is 1.22. The maximum absolute atomic E-state index is 2.35. The van der Waals surface area contributed by atoms with Crippen molar-refractivity contribution in [1.29, 1.82) is 0 Å². The van der Waals surface area contributed by atoms with Crippen LogP contribution in [0.2, 0.25) is 0 Å². The van der Waals surface area contributed by atoms with Crippen LogP contribution < -0.4 is 0 Å². The Morgan fingerprint density at radius 3 is 1.64 bits per heavy atom. The van der Waals surface area contributed by atoms with E-state index in [0.717, 1.165) is 0 Å². The molecule has 1 aliphatic carbocycles. The monoisotopic (exact) mass is 190 g/mol. The van der Waals surface area contributed by atoms with Gasteiger partial charge >= 0.3 is 0 Å². The van der Waals surface area contributed by atoms with Crippen molar-refractivity contribution in [1.82, 2.24) is 0 Å². The number of allylic oxidation sites excluding steroid dienone is 6. The molecule has 0 aromatic heterocycles. The van der Waals surface area contributed by atoms with Crippen molar-refractivity contribution >= 4 is 0 Å². The van der Waals surface area contributed by atoms with E-state index in [1.807, 2.05) is 0 Å². The van der Waals surface area contributed by atoms with E-state index in [0.29, 0.717) is 0 Å². The summed E-state index contributed by atoms with van der Waals surface area (Å²) in [4.78, 5) is 0. The van der Waals surface area contributed by atoms with Crippen LogP contribution >= 0.6 is 0 Å². The van der Waals surface area contributed by atoms with Crippen molar-refractivity contribution < 1.29 is 0 Å². The second-order valence-electron chi connectivity index (χ2n) is 3.90. The quantitative estimate of drug-likeness (QED) is 0.482. The van der Waals surface area contributed by atoms with E-state index in [1.54, 1.807) is 0 Å². The molecule has 78 valence electrons. The fraction of sp³-hybridized carbons (Fsp3) is 0.571. The van der Waals surface area contributed by atoms with Crippen molar-refractivity contribution in [3.05, 3.63) is 36.5 Å². The highest BCUT2D eigenvalue weighted by Gasteiger charge is 1.86. The maximum atomic E-state index is 2.35. The standard InChI is InChI=1S/C14H22/c1-2-4-6-8-10-12-14-13-11-9-7-5-3-1/h1-4,11,13H,5-10,12,14H2/b3-1-,4-2-,13-11-. The third-order valence-electron chi connectivity index (χ3n) is 2.53. The Bertz CT molecular complexity index is 196. The smallest absolute Gasteiger partial charge is 0.0345 e. The lowest BCUT2D eigenvalue weighted by Crippen LogP contribution is -1.76. The van der Waals surface area contributed by atoms with Gasteiger partial charge in [-0.15, -0.1) is 0 Å². The zero-order valence-corrected chi connectivity index (χ0v) is 9.12. The van der Waals surface area contributed by atoms with Gasteiger partial charge in [0.1, 0.15) is 0 Å². The van der Waals surface area contributed by atoms with Crippen molar-refractivity contribution in [3.8, 4) is 0 Å². The minimum atomic E-state index is 1.22. The number of hydrogen-bond acceptors (Lipinski definition) is 0. The van der Waals surface area contributed by atoms with Gasteiger partial charge in [0, 0.05) is 0 Å². The highest BCUT2D eigenvalue weighted by Crippen LogP contribution is 2.06. The van der Waals surface area contributed by atoms with Crippen LogP contribution in [0.5, 0.6) is 0 Å². The van der Waals surface area contributed by atoms with E-state index in [-0.39, 0.29) is 0 Å². The van der Waals surface area contributed by atoms with Crippen molar-refractivity contribution in [3.63, 3.8) is 0 Å². The average Bonchev–Trinajstić information content (AvgIpc) is 2.22. The molecule has 0 heterocycles. The van der Waals surface area contributed by atoms with Crippen LogP contribution in [0.15, 0.2) is 36.5 Å². The Balaban J connectivity index is 2.25. The normalized spacial score (nSPS) is 27.4. The van der Waals surface area contributed by atoms with Gasteiger partial charge in [0.15, 0.2) is 0 Å². The number of hydrogen-bond donors (Lipinski definition) is 0. The van der Waals surface area contributed by atoms with E-state index in [9.17, 15) is 0 Å². The third-order valence-corrected chi connectivity index (χ3v) is 2.53. The highest BCUT2D eigenvalue weighted by molar-refractivity contribution is 5.02. The van der Waals surface area contributed by atoms with Crippen LogP contribution in [0.4, 0.5) is 0 Å². The Hall–Kier alpha value is -0.780. The molecule has 1 rings (SSSR count). The Kier molecular flexibility index (Phi) is 7.10. The van der Waals surface area contributed by atoms with Crippen LogP contribution in [0, 0.1) is 0 Å². The molecule has 0 radical (unpaired) electrons. The van der Waals surface area contributed by atoms with Gasteiger partial charge < -0.3 is 0 Å². The van der Waals surface area contributed by atoms with Crippen LogP contribution in [0.3, 0.4) is 0 Å². The molecule has 0 amide bonds. The molecular formula is C14H22. The predicted molar refractivity (Wildman–Crippen MR) is 64.4 cm³/mol. The van der Waals surface area contributed by atoms with Gasteiger partial charge in [-0.2, -0.15) is 0 Å². The van der Waals surface area contributed by atoms with Crippen LogP contribution in [-0.4, -0.2) is 0 Å². The van der Waals surface area contributed by atoms with Crippen LogP contribution in [-0.2, 0) is 0 Å². The zero-order chi connectivity index (χ0) is 9.90. The average molecular weight is 190 g/mol. The summed E-state index contributed by atoms with van der Waals surface area (Å²) >= 11 is 0. The first kappa shape index (κ1) is 11.3. The summed E-state index contributed by atoms with van der Waals surface area (Å²) in [5.41, 5.74) is 0. The van der Waals surface area contributed by atoms with Crippen LogP contribution in [0.1, 0.15) is 51.4 Å². The lowest BCUT2D eigenvalue weighted by molar-refractivity contribution is 0.694. The molecule has 0 atom stereocenters. The first-order valence-electron chi connectivity index (χ1n) is 5.97. The molecule has 0 heteroatoms. The molecule has 0 bridgehead atoms. The summed E-state index contributed by atoms with van der Waals surface area (Å²) in [5, 5.41) is 0. The molecule has 0 unspecified atom stereocenters. The lowest BCUT2D eigenvalue weighted by Gasteiger charge is -1.96. The molecule has 0 nitrogen and oxygen atoms in total. The van der Waals surface area contributed by atoms with Gasteiger partial charge in [0.2, 0.25) is 0 Å². The summed E-state index contributed by atoms with van der Waals surface area (Å²) in [6.45, 7) is 0. The molecule has 14 heavy (non-hydrogen) atoms. The van der Waals surface area contributed by atoms with Gasteiger partial charge in [0.05, 0.1) is 0 Å². The second-order valence-corrected chi connectivity index (χ2v) is 3.90. The van der Waals surface area contributed by atoms with Gasteiger partial charge in [-0.25, -0.2) is 0 Å². The zero-order valence-electron chi connectivity index (χ0n) is 9.12. The van der Waals surface area contributed by atoms with Crippen molar-refractivity contribution in [2.24, 2.45) is 0 Å². The van der Waals surface area contributed by atoms with Gasteiger partial charge in [-0.1, -0.05) is 42.9 Å². The molecule has 1 aliphatic rings. The molecule has 0 saturated heterocycles. The van der Waals surface area contributed by atoms with Crippen molar-refractivity contribution in [2.75, 3.05) is 0 Å². The SMILES string of the molecule is C1=C\CCC/C=C\CCCCC\C=C/1. The van der Waals surface area contributed by atoms with Gasteiger partial charge in [0.25, 0.3) is 0 Å². The summed E-state index contributed by atoms with van der Waals surface area (Å²) in [7, 11) is 0. The summed E-state index contributed by atoms with van der Waals surface area (Å²) in [6, 6.07) is 0. The van der Waals surface area contributed by atoms with Crippen LogP contribution in [0.25, 0.3) is 0 Å². The van der Waals surface area contributed by atoms with E-state index < -0.39 is 0 Å². The maximum Gasteiger partial charge on any atom is -0.0345 e. The molecule has 0 fully saturated rings. The highest BCUT2D eigenvalue weighted by atomic mass is 13.9. The molecule has 0 saturated carbocycles. The molecule has 0 spiro atoms. The summed E-state index contributed by atoms with van der Waals surface area (Å²) in [6.07, 6.45) is 24.0. The van der Waals surface area contributed by atoms with E-state index in [4.69, 9.17) is 0 Å². The Morgan fingerprint density at radius 2 is 0.929 bits per heavy atom. The van der Waals surface area contributed by atoms with Gasteiger partial charge in [-0.3, -0.25) is 0 Å². The largest absolute Gasteiger partial charge is 0.0885 e. The number of rotatable bonds is 0. The molecule has 0 N–H and O–H groups in total. The first-order chi connectivity index (χ1) is 7.00. The molecule has 0 aliphatic heterocycles. The Morgan fingerprint density at radius 1 is 0.429 bits per heavy atom. The second kappa shape index (κ2) is 8.80. The molecule has 0 aromatic carbocycles. The summed E-state index contributed by atoms with van der Waals surface area (Å²) < 4.78 is 0. The fourth-order valence-corrected chi connectivity index (χ4v) is 1.64. The van der Waals surface area contributed by atoms with Crippen molar-refractivity contribution in [2.45, 2.75) is 51.4 Å². The topological polar surface area (TPSA) is 0 Å². The summed E-state index contributed by atoms with van der Waals surface area (Å²) in [5.74, 6) is 0. The van der Waals surface area contributed by atoms with E-state index in [2.05, 4.69) is 36.5 Å². The first-order valence-corrected chi connectivity index (χ1v) is 5.97. The molecule has 0 aromatic rings. The fourth-order valence-electron chi connectivity index (χ4n) is 1.64. The van der Waals surface area contributed by atoms with E-state index >= 15 is 0 Å². The Labute approximate surface area is 88.4 Å². The lowest BCUT2D eigenvalue weighted by atomic mass is 10.1. The predicted octanol–water partition coefficient (Wildman–Crippen LogP) is 4.79. The van der Waals surface area contributed by atoms with E-state index in [1.165, 1.54) is 51.4 Å². The molecular weight excluding hydrogens is 168 g/mol.